The second-order valence-corrected chi connectivity index (χ2v) is 5.65. The molecule has 0 saturated heterocycles. The van der Waals surface area contributed by atoms with Crippen LogP contribution in [0.3, 0.4) is 0 Å². The van der Waals surface area contributed by atoms with Gasteiger partial charge in [-0.3, -0.25) is 9.59 Å². The smallest absolute Gasteiger partial charge is 0.258 e. The summed E-state index contributed by atoms with van der Waals surface area (Å²) in [6, 6.07) is 12.9. The summed E-state index contributed by atoms with van der Waals surface area (Å²) in [7, 11) is 0. The van der Waals surface area contributed by atoms with Crippen LogP contribution in [0, 0.1) is 11.7 Å². The highest BCUT2D eigenvalue weighted by molar-refractivity contribution is 6.07. The Morgan fingerprint density at radius 3 is 2.58 bits per heavy atom. The van der Waals surface area contributed by atoms with Crippen LogP contribution in [0.25, 0.3) is 0 Å². The third kappa shape index (κ3) is 3.32. The lowest BCUT2D eigenvalue weighted by Crippen LogP contribution is -2.31. The second kappa shape index (κ2) is 6.62. The van der Waals surface area contributed by atoms with Crippen molar-refractivity contribution >= 4 is 23.2 Å². The van der Waals surface area contributed by atoms with E-state index in [9.17, 15) is 14.0 Å². The van der Waals surface area contributed by atoms with E-state index < -0.39 is 11.7 Å². The van der Waals surface area contributed by atoms with Crippen LogP contribution in [0.4, 0.5) is 10.1 Å². The van der Waals surface area contributed by atoms with E-state index in [0.717, 1.165) is 11.3 Å². The predicted octanol–water partition coefficient (Wildman–Crippen LogP) is 2.94. The molecule has 0 fully saturated rings. The first kappa shape index (κ1) is 15.9. The molecule has 1 aliphatic heterocycles. The Morgan fingerprint density at radius 1 is 1.21 bits per heavy atom. The van der Waals surface area contributed by atoms with Crippen LogP contribution < -0.4 is 10.7 Å². The number of carbonyl (C=O) groups is 2. The summed E-state index contributed by atoms with van der Waals surface area (Å²) in [6.45, 7) is 1.94. The third-order valence-electron chi connectivity index (χ3n) is 3.82. The van der Waals surface area contributed by atoms with Crippen molar-refractivity contribution in [3.8, 4) is 0 Å². The lowest BCUT2D eigenvalue weighted by atomic mass is 9.94. The first-order valence-electron chi connectivity index (χ1n) is 7.57. The van der Waals surface area contributed by atoms with Gasteiger partial charge in [-0.15, -0.1) is 0 Å². The van der Waals surface area contributed by atoms with Gasteiger partial charge in [0, 0.05) is 18.0 Å². The summed E-state index contributed by atoms with van der Waals surface area (Å²) in [5, 5.41) is 6.75. The Hall–Kier alpha value is -3.02. The molecular formula is C18H16FN3O2. The van der Waals surface area contributed by atoms with Crippen LogP contribution in [-0.2, 0) is 4.79 Å². The number of benzene rings is 2. The van der Waals surface area contributed by atoms with Gasteiger partial charge in [-0.2, -0.15) is 5.10 Å². The van der Waals surface area contributed by atoms with Crippen molar-refractivity contribution in [3.63, 3.8) is 0 Å². The molecule has 24 heavy (non-hydrogen) atoms. The largest absolute Gasteiger partial charge is 0.322 e. The fourth-order valence-electron chi connectivity index (χ4n) is 2.57. The number of nitrogens with one attached hydrogen (secondary N) is 2. The molecule has 2 aromatic carbocycles. The lowest BCUT2D eigenvalue weighted by Gasteiger charge is -2.19. The van der Waals surface area contributed by atoms with Crippen molar-refractivity contribution in [2.24, 2.45) is 11.0 Å². The fourth-order valence-corrected chi connectivity index (χ4v) is 2.57. The molecule has 1 heterocycles. The normalized spacial score (nSPS) is 17.0. The molecule has 2 amide bonds. The van der Waals surface area contributed by atoms with Gasteiger partial charge in [0.15, 0.2) is 0 Å². The van der Waals surface area contributed by atoms with E-state index in [1.54, 1.807) is 18.2 Å². The van der Waals surface area contributed by atoms with Crippen molar-refractivity contribution in [2.75, 3.05) is 5.32 Å². The fraction of sp³-hybridized carbons (Fsp3) is 0.167. The minimum atomic E-state index is -0.562. The van der Waals surface area contributed by atoms with Crippen molar-refractivity contribution in [1.29, 1.82) is 0 Å². The van der Waals surface area contributed by atoms with Crippen molar-refractivity contribution in [2.45, 2.75) is 13.3 Å². The molecule has 0 spiro atoms. The number of hydrazone groups is 1. The molecule has 1 atom stereocenters. The Morgan fingerprint density at radius 2 is 1.92 bits per heavy atom. The zero-order chi connectivity index (χ0) is 17.1. The van der Waals surface area contributed by atoms with E-state index in [4.69, 9.17) is 0 Å². The molecular weight excluding hydrogens is 309 g/mol. The van der Waals surface area contributed by atoms with Crippen molar-refractivity contribution in [3.05, 3.63) is 65.5 Å². The number of rotatable bonds is 3. The van der Waals surface area contributed by atoms with Gasteiger partial charge in [0.1, 0.15) is 5.82 Å². The van der Waals surface area contributed by atoms with Crippen LogP contribution in [0.15, 0.2) is 53.6 Å². The molecule has 6 heteroatoms. The number of anilines is 1. The van der Waals surface area contributed by atoms with Crippen LogP contribution in [-0.4, -0.2) is 17.5 Å². The van der Waals surface area contributed by atoms with Crippen LogP contribution in [0.1, 0.15) is 29.3 Å². The van der Waals surface area contributed by atoms with E-state index >= 15 is 0 Å². The van der Waals surface area contributed by atoms with Gasteiger partial charge in [0.05, 0.1) is 11.3 Å². The Bertz CT molecular complexity index is 815. The van der Waals surface area contributed by atoms with E-state index in [2.05, 4.69) is 15.8 Å². The Balaban J connectivity index is 1.75. The molecule has 0 aromatic heterocycles. The summed E-state index contributed by atoms with van der Waals surface area (Å²) < 4.78 is 13.6. The van der Waals surface area contributed by atoms with Gasteiger partial charge >= 0.3 is 0 Å². The van der Waals surface area contributed by atoms with E-state index in [0.29, 0.717) is 12.1 Å². The highest BCUT2D eigenvalue weighted by Crippen LogP contribution is 2.19. The van der Waals surface area contributed by atoms with Gasteiger partial charge in [0.2, 0.25) is 5.91 Å². The zero-order valence-electron chi connectivity index (χ0n) is 13.0. The van der Waals surface area contributed by atoms with E-state index in [-0.39, 0.29) is 17.4 Å². The molecule has 122 valence electrons. The summed E-state index contributed by atoms with van der Waals surface area (Å²) in [6.07, 6.45) is 0.393. The van der Waals surface area contributed by atoms with Crippen LogP contribution >= 0.6 is 0 Å². The minimum Gasteiger partial charge on any atom is -0.322 e. The molecule has 2 N–H and O–H groups in total. The molecule has 1 aliphatic rings. The number of halogens is 1. The number of nitrogens with zero attached hydrogens (tertiary/aromatic N) is 1. The predicted molar refractivity (Wildman–Crippen MR) is 89.3 cm³/mol. The average Bonchev–Trinajstić information content (AvgIpc) is 2.56. The maximum Gasteiger partial charge on any atom is 0.258 e. The zero-order valence-corrected chi connectivity index (χ0v) is 13.0. The molecule has 1 unspecified atom stereocenters. The van der Waals surface area contributed by atoms with Gasteiger partial charge in [0.25, 0.3) is 5.91 Å². The van der Waals surface area contributed by atoms with Crippen molar-refractivity contribution in [1.82, 2.24) is 5.43 Å². The van der Waals surface area contributed by atoms with E-state index in [1.165, 1.54) is 18.2 Å². The Labute approximate surface area is 138 Å². The van der Waals surface area contributed by atoms with Crippen molar-refractivity contribution < 1.29 is 14.0 Å². The Kier molecular flexibility index (Phi) is 4.37. The maximum absolute atomic E-state index is 13.6. The number of hydrogen-bond acceptors (Lipinski definition) is 3. The molecule has 0 radical (unpaired) electrons. The minimum absolute atomic E-state index is 0.00503. The highest BCUT2D eigenvalue weighted by Gasteiger charge is 2.21. The van der Waals surface area contributed by atoms with Gasteiger partial charge in [-0.1, -0.05) is 31.2 Å². The molecule has 0 bridgehead atoms. The van der Waals surface area contributed by atoms with Crippen LogP contribution in [0.2, 0.25) is 0 Å². The first-order valence-corrected chi connectivity index (χ1v) is 7.57. The van der Waals surface area contributed by atoms with Crippen LogP contribution in [0.5, 0.6) is 0 Å². The number of carbonyl (C=O) groups excluding carboxylic acids is 2. The second-order valence-electron chi connectivity index (χ2n) is 5.65. The molecule has 5 nitrogen and oxygen atoms in total. The summed E-state index contributed by atoms with van der Waals surface area (Å²) >= 11 is 0. The third-order valence-corrected chi connectivity index (χ3v) is 3.82. The molecule has 3 rings (SSSR count). The lowest BCUT2D eigenvalue weighted by molar-refractivity contribution is -0.121. The number of hydrogen-bond donors (Lipinski definition) is 2. The van der Waals surface area contributed by atoms with Gasteiger partial charge in [-0.25, -0.2) is 9.82 Å². The number of amides is 2. The molecule has 0 aliphatic carbocycles. The van der Waals surface area contributed by atoms with Gasteiger partial charge in [-0.05, 0) is 29.8 Å². The standard InChI is InChI=1S/C18H16FN3O2/c1-11-10-16(23)21-22-17(11)12-6-8-13(9-7-12)20-18(24)14-4-2-3-5-15(14)19/h2-9,11H,10H2,1H3,(H,20,24)(H,21,23). The maximum atomic E-state index is 13.6. The summed E-state index contributed by atoms with van der Waals surface area (Å²) in [4.78, 5) is 23.4. The molecule has 0 saturated carbocycles. The summed E-state index contributed by atoms with van der Waals surface area (Å²) in [5.41, 5.74) is 4.68. The summed E-state index contributed by atoms with van der Waals surface area (Å²) in [5.74, 6) is -1.14. The first-order chi connectivity index (χ1) is 11.5. The average molecular weight is 325 g/mol. The highest BCUT2D eigenvalue weighted by atomic mass is 19.1. The van der Waals surface area contributed by atoms with Gasteiger partial charge < -0.3 is 5.32 Å². The topological polar surface area (TPSA) is 70.6 Å². The molecule has 2 aromatic rings. The quantitative estimate of drug-likeness (QED) is 0.911. The monoisotopic (exact) mass is 325 g/mol. The SMILES string of the molecule is CC1CC(=O)NN=C1c1ccc(NC(=O)c2ccccc2F)cc1. The van der Waals surface area contributed by atoms with E-state index in [1.807, 2.05) is 19.1 Å².